The van der Waals surface area contributed by atoms with Gasteiger partial charge in [0.1, 0.15) is 11.6 Å². The van der Waals surface area contributed by atoms with Crippen LogP contribution in [0.4, 0.5) is 8.78 Å². The Balaban J connectivity index is 2.00. The Kier molecular flexibility index (Phi) is 5.06. The zero-order valence-corrected chi connectivity index (χ0v) is 11.0. The van der Waals surface area contributed by atoms with Gasteiger partial charge in [0.05, 0.1) is 11.9 Å². The van der Waals surface area contributed by atoms with Crippen molar-refractivity contribution in [2.24, 2.45) is 5.73 Å². The fraction of sp³-hybridized carbons (Fsp3) is 0.357. The summed E-state index contributed by atoms with van der Waals surface area (Å²) in [7, 11) is 0. The molecule has 0 saturated carbocycles. The number of hydrogen-bond donors (Lipinski definition) is 2. The van der Waals surface area contributed by atoms with Gasteiger partial charge in [-0.25, -0.2) is 4.98 Å². The van der Waals surface area contributed by atoms with Gasteiger partial charge in [0.15, 0.2) is 0 Å². The van der Waals surface area contributed by atoms with Crippen LogP contribution in [0.1, 0.15) is 18.7 Å². The van der Waals surface area contributed by atoms with E-state index in [1.165, 1.54) is 12.1 Å². The molecule has 2 aromatic rings. The van der Waals surface area contributed by atoms with Crippen molar-refractivity contribution in [2.45, 2.75) is 25.9 Å². The van der Waals surface area contributed by atoms with Crippen molar-refractivity contribution in [2.75, 3.05) is 6.54 Å². The highest BCUT2D eigenvalue weighted by molar-refractivity contribution is 5.59. The highest BCUT2D eigenvalue weighted by Gasteiger charge is 2.06. The van der Waals surface area contributed by atoms with Crippen LogP contribution in [-0.2, 0) is 6.42 Å². The van der Waals surface area contributed by atoms with Crippen molar-refractivity contribution >= 4 is 0 Å². The number of H-pyrrole nitrogens is 1. The predicted octanol–water partition coefficient (Wildman–Crippen LogP) is 2.96. The number of hydrogen-bond acceptors (Lipinski definition) is 3. The second-order valence-electron chi connectivity index (χ2n) is 4.39. The van der Waals surface area contributed by atoms with Crippen LogP contribution < -0.4 is 10.5 Å². The van der Waals surface area contributed by atoms with E-state index >= 15 is 0 Å². The summed E-state index contributed by atoms with van der Waals surface area (Å²) in [5.41, 5.74) is 7.18. The largest absolute Gasteiger partial charge is 0.435 e. The van der Waals surface area contributed by atoms with Gasteiger partial charge in [-0.1, -0.05) is 0 Å². The van der Waals surface area contributed by atoms with Crippen LogP contribution in [-0.4, -0.2) is 23.1 Å². The number of imidazole rings is 1. The molecule has 2 rings (SSSR count). The smallest absolute Gasteiger partial charge is 0.387 e. The van der Waals surface area contributed by atoms with Gasteiger partial charge in [-0.3, -0.25) is 0 Å². The highest BCUT2D eigenvalue weighted by Crippen LogP contribution is 2.22. The molecule has 108 valence electrons. The lowest BCUT2D eigenvalue weighted by molar-refractivity contribution is -0.0498. The molecule has 1 aromatic carbocycles. The van der Waals surface area contributed by atoms with Gasteiger partial charge >= 0.3 is 6.61 Å². The van der Waals surface area contributed by atoms with E-state index in [-0.39, 0.29) is 5.75 Å². The minimum atomic E-state index is -2.80. The summed E-state index contributed by atoms with van der Waals surface area (Å²) in [6.07, 6.45) is 4.55. The van der Waals surface area contributed by atoms with E-state index in [4.69, 9.17) is 5.73 Å². The third-order valence-corrected chi connectivity index (χ3v) is 2.89. The van der Waals surface area contributed by atoms with E-state index in [0.717, 1.165) is 36.3 Å². The first kappa shape index (κ1) is 14.5. The average molecular weight is 281 g/mol. The number of aromatic nitrogens is 2. The van der Waals surface area contributed by atoms with Crippen LogP contribution >= 0.6 is 0 Å². The third kappa shape index (κ3) is 4.03. The molecule has 0 radical (unpaired) electrons. The summed E-state index contributed by atoms with van der Waals surface area (Å²) < 4.78 is 28.4. The predicted molar refractivity (Wildman–Crippen MR) is 72.6 cm³/mol. The van der Waals surface area contributed by atoms with E-state index in [2.05, 4.69) is 14.7 Å². The van der Waals surface area contributed by atoms with E-state index in [0.29, 0.717) is 6.54 Å². The van der Waals surface area contributed by atoms with Gasteiger partial charge < -0.3 is 15.5 Å². The Bertz CT molecular complexity index is 525. The molecule has 4 nitrogen and oxygen atoms in total. The van der Waals surface area contributed by atoms with Gasteiger partial charge in [-0.05, 0) is 49.2 Å². The second-order valence-corrected chi connectivity index (χ2v) is 4.39. The number of aromatic amines is 1. The van der Waals surface area contributed by atoms with Crippen LogP contribution in [0.25, 0.3) is 11.3 Å². The molecule has 0 spiro atoms. The molecule has 1 heterocycles. The van der Waals surface area contributed by atoms with Crippen LogP contribution in [0.5, 0.6) is 5.75 Å². The summed E-state index contributed by atoms with van der Waals surface area (Å²) in [5, 5.41) is 0. The lowest BCUT2D eigenvalue weighted by Crippen LogP contribution is -2.01. The highest BCUT2D eigenvalue weighted by atomic mass is 19.3. The molecule has 0 saturated heterocycles. The van der Waals surface area contributed by atoms with Crippen LogP contribution in [0, 0.1) is 0 Å². The molecule has 0 bridgehead atoms. The van der Waals surface area contributed by atoms with E-state index in [1.807, 2.05) is 0 Å². The number of unbranched alkanes of at least 4 members (excludes halogenated alkanes) is 1. The summed E-state index contributed by atoms with van der Waals surface area (Å²) in [5.74, 6) is 1.05. The number of nitrogens with one attached hydrogen (secondary N) is 1. The van der Waals surface area contributed by atoms with Gasteiger partial charge in [0, 0.05) is 6.42 Å². The van der Waals surface area contributed by atoms with Gasteiger partial charge in [-0.2, -0.15) is 8.78 Å². The first-order valence-corrected chi connectivity index (χ1v) is 6.48. The standard InChI is InChI=1S/C14H17F2N3O/c15-14(16)20-11-6-4-10(5-7-11)12-9-18-13(19-12)3-1-2-8-17/h4-7,9,14H,1-3,8,17H2,(H,18,19). The Morgan fingerprint density at radius 2 is 1.95 bits per heavy atom. The summed E-state index contributed by atoms with van der Waals surface area (Å²) >= 11 is 0. The molecular weight excluding hydrogens is 264 g/mol. The maximum absolute atomic E-state index is 12.0. The van der Waals surface area contributed by atoms with Crippen LogP contribution in [0.15, 0.2) is 30.5 Å². The van der Waals surface area contributed by atoms with Crippen molar-refractivity contribution in [1.29, 1.82) is 0 Å². The fourth-order valence-electron chi connectivity index (χ4n) is 1.89. The van der Waals surface area contributed by atoms with Crippen molar-refractivity contribution in [3.8, 4) is 17.0 Å². The molecular formula is C14H17F2N3O. The van der Waals surface area contributed by atoms with E-state index in [1.54, 1.807) is 18.3 Å². The topological polar surface area (TPSA) is 63.9 Å². The number of halogens is 2. The average Bonchev–Trinajstić information content (AvgIpc) is 2.88. The number of aryl methyl sites for hydroxylation is 1. The quantitative estimate of drug-likeness (QED) is 0.767. The number of alkyl halides is 2. The summed E-state index contributed by atoms with van der Waals surface area (Å²) in [6.45, 7) is -2.12. The van der Waals surface area contributed by atoms with E-state index in [9.17, 15) is 8.78 Å². The Hall–Kier alpha value is -1.95. The molecule has 0 aliphatic carbocycles. The van der Waals surface area contributed by atoms with Crippen molar-refractivity contribution in [3.05, 3.63) is 36.3 Å². The maximum Gasteiger partial charge on any atom is 0.387 e. The number of nitrogens with zero attached hydrogens (tertiary/aromatic N) is 1. The monoisotopic (exact) mass is 281 g/mol. The third-order valence-electron chi connectivity index (χ3n) is 2.89. The minimum absolute atomic E-state index is 0.145. The Morgan fingerprint density at radius 3 is 2.60 bits per heavy atom. The summed E-state index contributed by atoms with van der Waals surface area (Å²) in [4.78, 5) is 7.50. The Morgan fingerprint density at radius 1 is 1.20 bits per heavy atom. The minimum Gasteiger partial charge on any atom is -0.435 e. The van der Waals surface area contributed by atoms with Crippen molar-refractivity contribution in [1.82, 2.24) is 9.97 Å². The normalized spacial score (nSPS) is 11.0. The van der Waals surface area contributed by atoms with Crippen LogP contribution in [0.3, 0.4) is 0 Å². The number of rotatable bonds is 7. The lowest BCUT2D eigenvalue weighted by Gasteiger charge is -2.04. The molecule has 0 amide bonds. The first-order valence-electron chi connectivity index (χ1n) is 6.48. The molecule has 0 atom stereocenters. The van der Waals surface area contributed by atoms with Gasteiger partial charge in [0.2, 0.25) is 0 Å². The first-order chi connectivity index (χ1) is 9.69. The molecule has 0 aliphatic rings. The number of nitrogens with two attached hydrogens (primary N) is 1. The fourth-order valence-corrected chi connectivity index (χ4v) is 1.89. The second kappa shape index (κ2) is 7.00. The number of ether oxygens (including phenoxy) is 1. The van der Waals surface area contributed by atoms with E-state index < -0.39 is 6.61 Å². The Labute approximate surface area is 116 Å². The molecule has 3 N–H and O–H groups in total. The zero-order valence-electron chi connectivity index (χ0n) is 11.0. The molecule has 0 aliphatic heterocycles. The van der Waals surface area contributed by atoms with Crippen molar-refractivity contribution in [3.63, 3.8) is 0 Å². The zero-order chi connectivity index (χ0) is 14.4. The summed E-state index contributed by atoms with van der Waals surface area (Å²) in [6, 6.07) is 6.45. The molecule has 6 heteroatoms. The maximum atomic E-state index is 12.0. The molecule has 0 unspecified atom stereocenters. The van der Waals surface area contributed by atoms with Crippen LogP contribution in [0.2, 0.25) is 0 Å². The molecule has 0 fully saturated rings. The molecule has 20 heavy (non-hydrogen) atoms. The van der Waals surface area contributed by atoms with Crippen molar-refractivity contribution < 1.29 is 13.5 Å². The van der Waals surface area contributed by atoms with Gasteiger partial charge in [0.25, 0.3) is 0 Å². The van der Waals surface area contributed by atoms with Gasteiger partial charge in [-0.15, -0.1) is 0 Å². The lowest BCUT2D eigenvalue weighted by atomic mass is 10.1. The number of benzene rings is 1. The SMILES string of the molecule is NCCCCc1ncc(-c2ccc(OC(F)F)cc2)[nH]1. The molecule has 1 aromatic heterocycles.